The highest BCUT2D eigenvalue weighted by Crippen LogP contribution is 2.27. The Labute approximate surface area is 104 Å². The highest BCUT2D eigenvalue weighted by Gasteiger charge is 2.18. The summed E-state index contributed by atoms with van der Waals surface area (Å²) in [4.78, 5) is 19.9. The highest BCUT2D eigenvalue weighted by molar-refractivity contribution is 5.68. The molecule has 0 atom stereocenters. The number of hydrogen-bond donors (Lipinski definition) is 0. The smallest absolute Gasteiger partial charge is 0.362 e. The van der Waals surface area contributed by atoms with E-state index in [0.717, 1.165) is 5.56 Å². The lowest BCUT2D eigenvalue weighted by molar-refractivity contribution is 0.527. The second kappa shape index (κ2) is 4.56. The van der Waals surface area contributed by atoms with Crippen molar-refractivity contribution in [1.29, 1.82) is 0 Å². The van der Waals surface area contributed by atoms with E-state index in [2.05, 4.69) is 9.98 Å². The zero-order valence-electron chi connectivity index (χ0n) is 9.74. The average molecular weight is 240 g/mol. The molecule has 0 aromatic carbocycles. The molecule has 0 bridgehead atoms. The minimum Gasteiger partial charge on any atom is -0.421 e. The van der Waals surface area contributed by atoms with Gasteiger partial charge in [0.15, 0.2) is 0 Å². The molecule has 0 N–H and O–H groups in total. The van der Waals surface area contributed by atoms with Crippen LogP contribution in [0.2, 0.25) is 0 Å². The Morgan fingerprint density at radius 1 is 1.33 bits per heavy atom. The van der Waals surface area contributed by atoms with Crippen LogP contribution in [0.25, 0.3) is 11.3 Å². The summed E-state index contributed by atoms with van der Waals surface area (Å²) in [7, 11) is 0. The fourth-order valence-electron chi connectivity index (χ4n) is 1.60. The Hall–Kier alpha value is -2.23. The van der Waals surface area contributed by atoms with Gasteiger partial charge < -0.3 is 4.42 Å². The summed E-state index contributed by atoms with van der Waals surface area (Å²) in [6, 6.07) is 7.08. The number of nitrogens with zero attached hydrogens (tertiary/aromatic N) is 2. The Kier molecular flexibility index (Phi) is 2.76. The molecular formula is C14H12N2O2. The summed E-state index contributed by atoms with van der Waals surface area (Å²) in [5.41, 5.74) is 0.732. The van der Waals surface area contributed by atoms with Crippen LogP contribution in [0.4, 0.5) is 5.69 Å². The van der Waals surface area contributed by atoms with Crippen LogP contribution >= 0.6 is 0 Å². The summed E-state index contributed by atoms with van der Waals surface area (Å²) in [5.74, 6) is 1.06. The molecule has 0 spiro atoms. The molecular weight excluding hydrogens is 228 g/mol. The number of rotatable bonds is 3. The van der Waals surface area contributed by atoms with Crippen molar-refractivity contribution in [2.75, 3.05) is 0 Å². The molecule has 0 radical (unpaired) electrons. The largest absolute Gasteiger partial charge is 0.421 e. The van der Waals surface area contributed by atoms with E-state index in [1.54, 1.807) is 30.6 Å². The minimum absolute atomic E-state index is 0.356. The molecule has 90 valence electrons. The third-order valence-electron chi connectivity index (χ3n) is 2.80. The normalized spacial score (nSPS) is 15.1. The molecule has 0 aliphatic heterocycles. The predicted octanol–water partition coefficient (Wildman–Crippen LogP) is 2.81. The molecule has 1 saturated carbocycles. The first-order chi connectivity index (χ1) is 8.83. The van der Waals surface area contributed by atoms with E-state index in [1.807, 2.05) is 12.3 Å². The van der Waals surface area contributed by atoms with Gasteiger partial charge in [-0.3, -0.25) is 9.98 Å². The zero-order chi connectivity index (χ0) is 12.4. The summed E-state index contributed by atoms with van der Waals surface area (Å²) < 4.78 is 5.24. The maximum atomic E-state index is 11.7. The van der Waals surface area contributed by atoms with E-state index in [1.165, 1.54) is 12.8 Å². The van der Waals surface area contributed by atoms with Crippen LogP contribution in [0.3, 0.4) is 0 Å². The zero-order valence-corrected chi connectivity index (χ0v) is 9.74. The van der Waals surface area contributed by atoms with Crippen LogP contribution in [0.5, 0.6) is 0 Å². The summed E-state index contributed by atoms with van der Waals surface area (Å²) in [5, 5.41) is 0. The van der Waals surface area contributed by atoms with E-state index in [-0.39, 0.29) is 0 Å². The second-order valence-electron chi connectivity index (χ2n) is 4.33. The van der Waals surface area contributed by atoms with Crippen molar-refractivity contribution in [3.8, 4) is 11.3 Å². The summed E-state index contributed by atoms with van der Waals surface area (Å²) >= 11 is 0. The van der Waals surface area contributed by atoms with E-state index in [9.17, 15) is 4.79 Å². The van der Waals surface area contributed by atoms with E-state index in [0.29, 0.717) is 17.4 Å². The molecule has 1 fully saturated rings. The van der Waals surface area contributed by atoms with Gasteiger partial charge in [0.2, 0.25) is 0 Å². The first-order valence-electron chi connectivity index (χ1n) is 5.92. The molecule has 1 aliphatic carbocycles. The van der Waals surface area contributed by atoms with Gasteiger partial charge in [-0.2, -0.15) is 0 Å². The van der Waals surface area contributed by atoms with E-state index >= 15 is 0 Å². The molecule has 0 saturated heterocycles. The van der Waals surface area contributed by atoms with Crippen molar-refractivity contribution in [2.24, 2.45) is 10.9 Å². The van der Waals surface area contributed by atoms with E-state index < -0.39 is 5.63 Å². The third-order valence-corrected chi connectivity index (χ3v) is 2.80. The van der Waals surface area contributed by atoms with Crippen LogP contribution < -0.4 is 5.63 Å². The number of pyridine rings is 1. The lowest BCUT2D eigenvalue weighted by Crippen LogP contribution is -1.98. The molecule has 3 rings (SSSR count). The molecule has 18 heavy (non-hydrogen) atoms. The van der Waals surface area contributed by atoms with Gasteiger partial charge in [0.1, 0.15) is 11.4 Å². The Morgan fingerprint density at radius 3 is 2.89 bits per heavy atom. The Morgan fingerprint density at radius 2 is 2.22 bits per heavy atom. The minimum atomic E-state index is -0.409. The highest BCUT2D eigenvalue weighted by atomic mass is 16.4. The van der Waals surface area contributed by atoms with Crippen LogP contribution in [-0.4, -0.2) is 11.2 Å². The predicted molar refractivity (Wildman–Crippen MR) is 69.1 cm³/mol. The van der Waals surface area contributed by atoms with Crippen LogP contribution in [0.1, 0.15) is 12.8 Å². The van der Waals surface area contributed by atoms with Crippen LogP contribution in [0, 0.1) is 5.92 Å². The SMILES string of the molecule is O=c1oc(-c2cccnc2)ccc1/N=C/C1CC1. The Balaban J connectivity index is 1.91. The first-order valence-corrected chi connectivity index (χ1v) is 5.92. The van der Waals surface area contributed by atoms with Crippen molar-refractivity contribution in [2.45, 2.75) is 12.8 Å². The number of aliphatic imine (C=N–C) groups is 1. The van der Waals surface area contributed by atoms with Gasteiger partial charge in [0.25, 0.3) is 0 Å². The first kappa shape index (κ1) is 10.9. The lowest BCUT2D eigenvalue weighted by atomic mass is 10.2. The third kappa shape index (κ3) is 2.37. The fourth-order valence-corrected chi connectivity index (χ4v) is 1.60. The topological polar surface area (TPSA) is 55.5 Å². The van der Waals surface area contributed by atoms with Crippen LogP contribution in [-0.2, 0) is 0 Å². The number of hydrogen-bond acceptors (Lipinski definition) is 4. The van der Waals surface area contributed by atoms with E-state index in [4.69, 9.17) is 4.42 Å². The van der Waals surface area contributed by atoms with Gasteiger partial charge in [-0.15, -0.1) is 0 Å². The van der Waals surface area contributed by atoms with Crippen LogP contribution in [0.15, 0.2) is 50.9 Å². The van der Waals surface area contributed by atoms with Gasteiger partial charge in [-0.25, -0.2) is 4.79 Å². The lowest BCUT2D eigenvalue weighted by Gasteiger charge is -1.99. The standard InChI is InChI=1S/C14H12N2O2/c17-14-12(16-8-10-3-4-10)5-6-13(18-14)11-2-1-7-15-9-11/h1-2,5-10H,3-4H2/b16-8+. The molecule has 0 unspecified atom stereocenters. The molecule has 2 heterocycles. The fraction of sp³-hybridized carbons (Fsp3) is 0.214. The van der Waals surface area contributed by atoms with Gasteiger partial charge in [0.05, 0.1) is 0 Å². The molecule has 4 heteroatoms. The summed E-state index contributed by atoms with van der Waals surface area (Å²) in [6.45, 7) is 0. The molecule has 1 aliphatic rings. The second-order valence-corrected chi connectivity index (χ2v) is 4.33. The quantitative estimate of drug-likeness (QED) is 0.775. The average Bonchev–Trinajstić information content (AvgIpc) is 3.22. The Bertz CT molecular complexity index is 628. The number of aromatic nitrogens is 1. The maximum absolute atomic E-state index is 11.7. The van der Waals surface area contributed by atoms with Crippen molar-refractivity contribution in [1.82, 2.24) is 4.98 Å². The van der Waals surface area contributed by atoms with Gasteiger partial charge in [-0.05, 0) is 43.0 Å². The van der Waals surface area contributed by atoms with Gasteiger partial charge >= 0.3 is 5.63 Å². The molecule has 4 nitrogen and oxygen atoms in total. The van der Waals surface area contributed by atoms with Gasteiger partial charge in [-0.1, -0.05) is 0 Å². The van der Waals surface area contributed by atoms with Crippen molar-refractivity contribution < 1.29 is 4.42 Å². The van der Waals surface area contributed by atoms with Gasteiger partial charge in [0, 0.05) is 24.2 Å². The maximum Gasteiger partial charge on any atom is 0.362 e. The van der Waals surface area contributed by atoms with Crippen molar-refractivity contribution in [3.05, 3.63) is 47.1 Å². The van der Waals surface area contributed by atoms with Crippen molar-refractivity contribution in [3.63, 3.8) is 0 Å². The van der Waals surface area contributed by atoms with Crippen molar-refractivity contribution >= 4 is 11.9 Å². The summed E-state index contributed by atoms with van der Waals surface area (Å²) in [6.07, 6.45) is 7.50. The molecule has 0 amide bonds. The molecule has 2 aromatic heterocycles. The molecule has 2 aromatic rings. The monoisotopic (exact) mass is 240 g/mol.